The van der Waals surface area contributed by atoms with Crippen LogP contribution in [0.25, 0.3) is 33.0 Å². The lowest BCUT2D eigenvalue weighted by Gasteiger charge is -2.13. The number of ether oxygens (including phenoxy) is 2. The van der Waals surface area contributed by atoms with Crippen molar-refractivity contribution in [1.82, 2.24) is 9.80 Å². The third-order valence-electron chi connectivity index (χ3n) is 5.60. The summed E-state index contributed by atoms with van der Waals surface area (Å²) in [6, 6.07) is 17.3. The third-order valence-corrected chi connectivity index (χ3v) is 5.60. The van der Waals surface area contributed by atoms with E-state index in [1.54, 1.807) is 0 Å². The summed E-state index contributed by atoms with van der Waals surface area (Å²) in [6.45, 7) is 3.53. The van der Waals surface area contributed by atoms with Crippen molar-refractivity contribution >= 4 is 10.8 Å². The molecule has 1 aliphatic rings. The molecule has 0 bridgehead atoms. The summed E-state index contributed by atoms with van der Waals surface area (Å²) in [6.07, 6.45) is 2.04. The van der Waals surface area contributed by atoms with Crippen LogP contribution in [0.4, 0.5) is 0 Å². The van der Waals surface area contributed by atoms with E-state index in [1.807, 2.05) is 0 Å². The van der Waals surface area contributed by atoms with Gasteiger partial charge in [0, 0.05) is 23.9 Å². The molecule has 0 unspecified atom stereocenters. The number of rotatable bonds is 10. The Balaban J connectivity index is 1.57. The molecule has 0 saturated carbocycles. The predicted octanol–water partition coefficient (Wildman–Crippen LogP) is 5.15. The number of nitrogens with zero attached hydrogens (tertiary/aromatic N) is 2. The fourth-order valence-corrected chi connectivity index (χ4v) is 4.16. The minimum atomic E-state index is 0.731. The average Bonchev–Trinajstić information content (AvgIpc) is 3.04. The smallest absolute Gasteiger partial charge is 0.127 e. The summed E-state index contributed by atoms with van der Waals surface area (Å²) in [5.74, 6) is 1.92. The van der Waals surface area contributed by atoms with Gasteiger partial charge in [-0.15, -0.1) is 0 Å². The molecule has 4 rings (SSSR count). The van der Waals surface area contributed by atoms with Crippen LogP contribution in [-0.2, 0) is 0 Å². The van der Waals surface area contributed by atoms with Gasteiger partial charge >= 0.3 is 0 Å². The molecule has 0 N–H and O–H groups in total. The van der Waals surface area contributed by atoms with Crippen molar-refractivity contribution in [3.8, 4) is 33.8 Å². The van der Waals surface area contributed by atoms with Crippen LogP contribution in [-0.4, -0.2) is 64.3 Å². The quantitative estimate of drug-likeness (QED) is 0.341. The Morgan fingerprint density at radius 2 is 1.33 bits per heavy atom. The fraction of sp³-hybridized carbons (Fsp3) is 0.385. The normalized spacial score (nSPS) is 12.1. The predicted molar refractivity (Wildman–Crippen MR) is 126 cm³/mol. The highest BCUT2D eigenvalue weighted by atomic mass is 16.5. The first-order chi connectivity index (χ1) is 14.5. The Morgan fingerprint density at radius 1 is 0.667 bits per heavy atom. The molecule has 1 aliphatic carbocycles. The van der Waals surface area contributed by atoms with Crippen LogP contribution in [0.1, 0.15) is 12.8 Å². The summed E-state index contributed by atoms with van der Waals surface area (Å²) < 4.78 is 12.2. The van der Waals surface area contributed by atoms with Gasteiger partial charge in [-0.3, -0.25) is 0 Å². The summed E-state index contributed by atoms with van der Waals surface area (Å²) in [5.41, 5.74) is 5.09. The second kappa shape index (κ2) is 9.07. The van der Waals surface area contributed by atoms with E-state index in [0.29, 0.717) is 0 Å². The zero-order valence-electron chi connectivity index (χ0n) is 18.6. The third kappa shape index (κ3) is 4.30. The Hall–Kier alpha value is -2.56. The number of fused-ring (bicyclic) bond motifs is 3. The Labute approximate surface area is 180 Å². The minimum Gasteiger partial charge on any atom is -0.494 e. The van der Waals surface area contributed by atoms with Crippen molar-refractivity contribution in [2.45, 2.75) is 12.8 Å². The maximum Gasteiger partial charge on any atom is 0.127 e. The molecule has 3 aromatic rings. The van der Waals surface area contributed by atoms with Gasteiger partial charge in [-0.1, -0.05) is 30.3 Å². The van der Waals surface area contributed by atoms with Gasteiger partial charge in [0.2, 0.25) is 0 Å². The molecule has 3 aromatic carbocycles. The Kier molecular flexibility index (Phi) is 6.26. The lowest BCUT2D eigenvalue weighted by molar-refractivity contribution is 0.281. The first-order valence-corrected chi connectivity index (χ1v) is 10.8. The van der Waals surface area contributed by atoms with E-state index in [4.69, 9.17) is 9.47 Å². The van der Waals surface area contributed by atoms with Crippen LogP contribution in [0.15, 0.2) is 48.5 Å². The Morgan fingerprint density at radius 3 is 2.07 bits per heavy atom. The van der Waals surface area contributed by atoms with Gasteiger partial charge in [-0.05, 0) is 81.5 Å². The van der Waals surface area contributed by atoms with Gasteiger partial charge < -0.3 is 19.3 Å². The summed E-state index contributed by atoms with van der Waals surface area (Å²) in [7, 11) is 8.37. The second-order valence-electron chi connectivity index (χ2n) is 8.56. The molecule has 4 nitrogen and oxygen atoms in total. The molecular formula is C26H32N2O2. The van der Waals surface area contributed by atoms with Gasteiger partial charge in [0.05, 0.1) is 13.2 Å². The molecule has 0 aromatic heterocycles. The van der Waals surface area contributed by atoms with Crippen molar-refractivity contribution in [3.63, 3.8) is 0 Å². The van der Waals surface area contributed by atoms with Crippen LogP contribution >= 0.6 is 0 Å². The van der Waals surface area contributed by atoms with Gasteiger partial charge in [0.15, 0.2) is 0 Å². The molecule has 30 heavy (non-hydrogen) atoms. The van der Waals surface area contributed by atoms with Crippen molar-refractivity contribution < 1.29 is 9.47 Å². The SMILES string of the molecule is CN(C)CCCOc1ccc2c(c1)-c1ccc(OCCCN(C)C)c3cccc-2c13. The van der Waals surface area contributed by atoms with E-state index in [2.05, 4.69) is 86.5 Å². The monoisotopic (exact) mass is 404 g/mol. The van der Waals surface area contributed by atoms with Gasteiger partial charge in [-0.25, -0.2) is 0 Å². The van der Waals surface area contributed by atoms with Crippen LogP contribution in [0.2, 0.25) is 0 Å². The highest BCUT2D eigenvalue weighted by molar-refractivity contribution is 6.16. The highest BCUT2D eigenvalue weighted by Gasteiger charge is 2.23. The molecule has 158 valence electrons. The van der Waals surface area contributed by atoms with Crippen molar-refractivity contribution in [3.05, 3.63) is 48.5 Å². The van der Waals surface area contributed by atoms with E-state index in [-0.39, 0.29) is 0 Å². The number of hydrogen-bond acceptors (Lipinski definition) is 4. The minimum absolute atomic E-state index is 0.731. The van der Waals surface area contributed by atoms with E-state index in [1.165, 1.54) is 33.0 Å². The fourth-order valence-electron chi connectivity index (χ4n) is 4.16. The molecule has 0 heterocycles. The maximum absolute atomic E-state index is 6.16. The molecular weight excluding hydrogens is 372 g/mol. The van der Waals surface area contributed by atoms with E-state index < -0.39 is 0 Å². The van der Waals surface area contributed by atoms with Gasteiger partial charge in [-0.2, -0.15) is 0 Å². The summed E-state index contributed by atoms with van der Waals surface area (Å²) in [4.78, 5) is 4.37. The summed E-state index contributed by atoms with van der Waals surface area (Å²) in [5, 5.41) is 2.49. The van der Waals surface area contributed by atoms with Crippen molar-refractivity contribution in [2.24, 2.45) is 0 Å². The van der Waals surface area contributed by atoms with Gasteiger partial charge in [0.25, 0.3) is 0 Å². The highest BCUT2D eigenvalue weighted by Crippen LogP contribution is 2.50. The standard InChI is InChI=1S/C26H32N2O2/c1-27(2)14-6-16-29-19-10-11-20-21-8-5-9-23-25(30-17-7-15-28(3)4)13-12-22(26(21)23)24(20)18-19/h5,8-13,18H,6-7,14-17H2,1-4H3. The molecule has 0 fully saturated rings. The average molecular weight is 405 g/mol. The topological polar surface area (TPSA) is 24.9 Å². The largest absolute Gasteiger partial charge is 0.494 e. The molecule has 4 heteroatoms. The maximum atomic E-state index is 6.16. The number of hydrogen-bond donors (Lipinski definition) is 0. The zero-order chi connectivity index (χ0) is 21.1. The van der Waals surface area contributed by atoms with Crippen molar-refractivity contribution in [2.75, 3.05) is 54.5 Å². The lowest BCUT2D eigenvalue weighted by atomic mass is 10.0. The molecule has 0 radical (unpaired) electrons. The second-order valence-corrected chi connectivity index (χ2v) is 8.56. The molecule has 0 saturated heterocycles. The van der Waals surface area contributed by atoms with Gasteiger partial charge in [0.1, 0.15) is 11.5 Å². The summed E-state index contributed by atoms with van der Waals surface area (Å²) >= 11 is 0. The Bertz CT molecular complexity index is 1030. The first kappa shape index (κ1) is 20.7. The van der Waals surface area contributed by atoms with E-state index in [0.717, 1.165) is 50.6 Å². The molecule has 0 atom stereocenters. The first-order valence-electron chi connectivity index (χ1n) is 10.8. The lowest BCUT2D eigenvalue weighted by Crippen LogP contribution is -2.15. The zero-order valence-corrected chi connectivity index (χ0v) is 18.6. The van der Waals surface area contributed by atoms with Crippen LogP contribution in [0, 0.1) is 0 Å². The number of benzene rings is 3. The molecule has 0 aliphatic heterocycles. The van der Waals surface area contributed by atoms with Crippen LogP contribution in [0.3, 0.4) is 0 Å². The van der Waals surface area contributed by atoms with E-state index >= 15 is 0 Å². The molecule has 0 amide bonds. The molecule has 0 spiro atoms. The van der Waals surface area contributed by atoms with Crippen molar-refractivity contribution in [1.29, 1.82) is 0 Å². The van der Waals surface area contributed by atoms with E-state index in [9.17, 15) is 0 Å². The van der Waals surface area contributed by atoms with Crippen LogP contribution in [0.5, 0.6) is 11.5 Å². The van der Waals surface area contributed by atoms with Crippen LogP contribution < -0.4 is 9.47 Å².